The minimum Gasteiger partial charge on any atom is -0.493 e. The van der Waals surface area contributed by atoms with Gasteiger partial charge in [0.2, 0.25) is 0 Å². The molecule has 1 aliphatic rings. The van der Waals surface area contributed by atoms with Gasteiger partial charge in [0.1, 0.15) is 0 Å². The summed E-state index contributed by atoms with van der Waals surface area (Å²) in [7, 11) is 3.31. The Morgan fingerprint density at radius 2 is 1.67 bits per heavy atom. The SMILES string of the molecule is COc1ccc(NCC2(c3ccccc3)CC2)cc1OC. The number of hydrogen-bond donors (Lipinski definition) is 1. The highest BCUT2D eigenvalue weighted by Gasteiger charge is 2.43. The predicted molar refractivity (Wildman–Crippen MR) is 85.4 cm³/mol. The minimum atomic E-state index is 0.300. The molecule has 1 saturated carbocycles. The number of ether oxygens (including phenoxy) is 2. The first-order valence-electron chi connectivity index (χ1n) is 7.29. The van der Waals surface area contributed by atoms with E-state index in [4.69, 9.17) is 9.47 Å². The highest BCUT2D eigenvalue weighted by molar-refractivity contribution is 5.55. The van der Waals surface area contributed by atoms with Gasteiger partial charge in [-0.05, 0) is 30.5 Å². The molecule has 21 heavy (non-hydrogen) atoms. The zero-order chi connectivity index (χ0) is 14.7. The van der Waals surface area contributed by atoms with Crippen LogP contribution in [-0.2, 0) is 5.41 Å². The molecule has 0 atom stereocenters. The summed E-state index contributed by atoms with van der Waals surface area (Å²) in [6, 6.07) is 16.7. The van der Waals surface area contributed by atoms with Crippen molar-refractivity contribution in [2.45, 2.75) is 18.3 Å². The lowest BCUT2D eigenvalue weighted by Gasteiger charge is -2.18. The van der Waals surface area contributed by atoms with Crippen LogP contribution in [0.5, 0.6) is 11.5 Å². The first-order chi connectivity index (χ1) is 10.3. The third kappa shape index (κ3) is 2.82. The van der Waals surface area contributed by atoms with Crippen molar-refractivity contribution in [3.63, 3.8) is 0 Å². The standard InChI is InChI=1S/C18H21NO2/c1-20-16-9-8-15(12-17(16)21-2)19-13-18(10-11-18)14-6-4-3-5-7-14/h3-9,12,19H,10-11,13H2,1-2H3. The van der Waals surface area contributed by atoms with E-state index in [9.17, 15) is 0 Å². The molecule has 2 aromatic rings. The van der Waals surface area contributed by atoms with Gasteiger partial charge >= 0.3 is 0 Å². The molecule has 3 nitrogen and oxygen atoms in total. The Labute approximate surface area is 125 Å². The summed E-state index contributed by atoms with van der Waals surface area (Å²) < 4.78 is 10.6. The molecule has 1 N–H and O–H groups in total. The molecule has 0 spiro atoms. The van der Waals surface area contributed by atoms with E-state index in [-0.39, 0.29) is 0 Å². The van der Waals surface area contributed by atoms with Gasteiger partial charge in [0.25, 0.3) is 0 Å². The molecule has 2 aromatic carbocycles. The van der Waals surface area contributed by atoms with Gasteiger partial charge in [-0.2, -0.15) is 0 Å². The van der Waals surface area contributed by atoms with Crippen LogP contribution in [0.1, 0.15) is 18.4 Å². The van der Waals surface area contributed by atoms with Gasteiger partial charge in [-0.25, -0.2) is 0 Å². The van der Waals surface area contributed by atoms with Gasteiger partial charge in [0, 0.05) is 23.7 Å². The molecule has 0 aromatic heterocycles. The van der Waals surface area contributed by atoms with Crippen molar-refractivity contribution in [3.8, 4) is 11.5 Å². The molecule has 0 aliphatic heterocycles. The van der Waals surface area contributed by atoms with E-state index in [1.54, 1.807) is 14.2 Å². The Bertz CT molecular complexity index is 606. The average molecular weight is 283 g/mol. The third-order valence-corrected chi connectivity index (χ3v) is 4.25. The van der Waals surface area contributed by atoms with E-state index >= 15 is 0 Å². The van der Waals surface area contributed by atoms with Gasteiger partial charge in [0.05, 0.1) is 14.2 Å². The summed E-state index contributed by atoms with van der Waals surface area (Å²) in [4.78, 5) is 0. The molecular weight excluding hydrogens is 262 g/mol. The lowest BCUT2D eigenvalue weighted by atomic mass is 9.96. The molecule has 3 rings (SSSR count). The van der Waals surface area contributed by atoms with Crippen molar-refractivity contribution in [3.05, 3.63) is 54.1 Å². The lowest BCUT2D eigenvalue weighted by Crippen LogP contribution is -2.19. The normalized spacial score (nSPS) is 15.3. The maximum atomic E-state index is 5.34. The fourth-order valence-corrected chi connectivity index (χ4v) is 2.73. The fraction of sp³-hybridized carbons (Fsp3) is 0.333. The van der Waals surface area contributed by atoms with E-state index in [1.807, 2.05) is 18.2 Å². The van der Waals surface area contributed by atoms with Crippen LogP contribution in [0.25, 0.3) is 0 Å². The number of nitrogens with one attached hydrogen (secondary N) is 1. The van der Waals surface area contributed by atoms with Crippen molar-refractivity contribution in [2.24, 2.45) is 0 Å². The Balaban J connectivity index is 1.71. The highest BCUT2D eigenvalue weighted by Crippen LogP contribution is 2.48. The number of anilines is 1. The highest BCUT2D eigenvalue weighted by atomic mass is 16.5. The average Bonchev–Trinajstić information content (AvgIpc) is 3.34. The third-order valence-electron chi connectivity index (χ3n) is 4.25. The zero-order valence-electron chi connectivity index (χ0n) is 12.6. The van der Waals surface area contributed by atoms with Crippen LogP contribution < -0.4 is 14.8 Å². The van der Waals surface area contributed by atoms with Crippen LogP contribution in [0, 0.1) is 0 Å². The molecule has 0 saturated heterocycles. The van der Waals surface area contributed by atoms with Crippen molar-refractivity contribution in [1.82, 2.24) is 0 Å². The first-order valence-corrected chi connectivity index (χ1v) is 7.29. The van der Waals surface area contributed by atoms with Crippen LogP contribution in [0.2, 0.25) is 0 Å². The quantitative estimate of drug-likeness (QED) is 0.873. The first kappa shape index (κ1) is 13.8. The smallest absolute Gasteiger partial charge is 0.162 e. The summed E-state index contributed by atoms with van der Waals surface area (Å²) in [5, 5.41) is 3.54. The van der Waals surface area contributed by atoms with Crippen molar-refractivity contribution < 1.29 is 9.47 Å². The maximum absolute atomic E-state index is 5.34. The minimum absolute atomic E-state index is 0.300. The van der Waals surface area contributed by atoms with Crippen LogP contribution >= 0.6 is 0 Å². The van der Waals surface area contributed by atoms with Crippen LogP contribution in [0.3, 0.4) is 0 Å². The fourth-order valence-electron chi connectivity index (χ4n) is 2.73. The van der Waals surface area contributed by atoms with E-state index < -0.39 is 0 Å². The van der Waals surface area contributed by atoms with Crippen LogP contribution in [0.15, 0.2) is 48.5 Å². The number of rotatable bonds is 6. The molecule has 0 heterocycles. The molecule has 0 unspecified atom stereocenters. The summed E-state index contributed by atoms with van der Waals surface area (Å²) in [5.41, 5.74) is 2.79. The Kier molecular flexibility index (Phi) is 3.74. The molecule has 110 valence electrons. The van der Waals surface area contributed by atoms with Gasteiger partial charge in [-0.15, -0.1) is 0 Å². The molecular formula is C18H21NO2. The van der Waals surface area contributed by atoms with Crippen LogP contribution in [0.4, 0.5) is 5.69 Å². The summed E-state index contributed by atoms with van der Waals surface area (Å²) in [6.07, 6.45) is 2.49. The number of methoxy groups -OCH3 is 2. The molecule has 0 amide bonds. The van der Waals surface area contributed by atoms with Gasteiger partial charge in [0.15, 0.2) is 11.5 Å². The van der Waals surface area contributed by atoms with Gasteiger partial charge in [-0.3, -0.25) is 0 Å². The van der Waals surface area contributed by atoms with E-state index in [0.29, 0.717) is 5.41 Å². The van der Waals surface area contributed by atoms with E-state index in [0.717, 1.165) is 23.7 Å². The van der Waals surface area contributed by atoms with E-state index in [1.165, 1.54) is 18.4 Å². The molecule has 3 heteroatoms. The van der Waals surface area contributed by atoms with E-state index in [2.05, 4.69) is 35.6 Å². The monoisotopic (exact) mass is 283 g/mol. The maximum Gasteiger partial charge on any atom is 0.162 e. The summed E-state index contributed by atoms with van der Waals surface area (Å²) in [5.74, 6) is 1.51. The Morgan fingerprint density at radius 3 is 2.29 bits per heavy atom. The second kappa shape index (κ2) is 5.68. The zero-order valence-corrected chi connectivity index (χ0v) is 12.6. The van der Waals surface area contributed by atoms with Crippen molar-refractivity contribution in [2.75, 3.05) is 26.1 Å². The molecule has 1 aliphatic carbocycles. The second-order valence-electron chi connectivity index (χ2n) is 5.57. The molecule has 0 bridgehead atoms. The lowest BCUT2D eigenvalue weighted by molar-refractivity contribution is 0.355. The van der Waals surface area contributed by atoms with Gasteiger partial charge in [-0.1, -0.05) is 30.3 Å². The topological polar surface area (TPSA) is 30.5 Å². The largest absolute Gasteiger partial charge is 0.493 e. The Morgan fingerprint density at radius 1 is 0.952 bits per heavy atom. The second-order valence-corrected chi connectivity index (χ2v) is 5.57. The number of hydrogen-bond acceptors (Lipinski definition) is 3. The summed E-state index contributed by atoms with van der Waals surface area (Å²) in [6.45, 7) is 0.951. The molecule has 1 fully saturated rings. The van der Waals surface area contributed by atoms with Crippen LogP contribution in [-0.4, -0.2) is 20.8 Å². The van der Waals surface area contributed by atoms with Crippen molar-refractivity contribution in [1.29, 1.82) is 0 Å². The van der Waals surface area contributed by atoms with Gasteiger partial charge < -0.3 is 14.8 Å². The van der Waals surface area contributed by atoms with Crippen molar-refractivity contribution >= 4 is 5.69 Å². The summed E-state index contributed by atoms with van der Waals surface area (Å²) >= 11 is 0. The number of benzene rings is 2. The predicted octanol–water partition coefficient (Wildman–Crippen LogP) is 3.85. The molecule has 0 radical (unpaired) electrons. The Hall–Kier alpha value is -2.16.